The number of aliphatic hydroxyl groups excluding tert-OH is 1. The van der Waals surface area contributed by atoms with Gasteiger partial charge in [-0.3, -0.25) is 10.6 Å². The molecule has 5 nitrogen and oxygen atoms in total. The molecule has 4 N–H and O–H groups in total. The summed E-state index contributed by atoms with van der Waals surface area (Å²) in [6.07, 6.45) is -4.00. The summed E-state index contributed by atoms with van der Waals surface area (Å²) in [5.74, 6) is 4.56. The number of nitrogens with two attached hydrogens (primary N) is 1. The molecular weight excluding hydrogens is 287 g/mol. The third kappa shape index (κ3) is 4.08. The number of anilines is 1. The molecule has 1 amide bonds. The SMILES string of the molecule is CCCN(CCO)C(=O)c1cccc(C(F)(F)F)c1NN. The number of aliphatic hydroxyl groups is 1. The number of rotatable bonds is 6. The second-order valence-corrected chi connectivity index (χ2v) is 4.39. The smallest absolute Gasteiger partial charge is 0.395 e. The maximum Gasteiger partial charge on any atom is 0.418 e. The van der Waals surface area contributed by atoms with Gasteiger partial charge in [-0.25, -0.2) is 0 Å². The molecule has 0 saturated carbocycles. The van der Waals surface area contributed by atoms with E-state index in [1.165, 1.54) is 11.0 Å². The molecule has 0 unspecified atom stereocenters. The monoisotopic (exact) mass is 305 g/mol. The summed E-state index contributed by atoms with van der Waals surface area (Å²) < 4.78 is 38.7. The number of para-hydroxylation sites is 1. The molecule has 0 fully saturated rings. The molecule has 0 aromatic heterocycles. The number of hydrogen-bond donors (Lipinski definition) is 3. The first-order valence-corrected chi connectivity index (χ1v) is 6.43. The quantitative estimate of drug-likeness (QED) is 0.553. The molecule has 118 valence electrons. The van der Waals surface area contributed by atoms with Crippen LogP contribution in [-0.4, -0.2) is 35.6 Å². The molecule has 8 heteroatoms. The van der Waals surface area contributed by atoms with Crippen LogP contribution in [0, 0.1) is 0 Å². The number of hydrazine groups is 1. The van der Waals surface area contributed by atoms with E-state index in [0.717, 1.165) is 12.1 Å². The van der Waals surface area contributed by atoms with E-state index < -0.39 is 23.3 Å². The van der Waals surface area contributed by atoms with Gasteiger partial charge in [0.05, 0.1) is 23.4 Å². The normalized spacial score (nSPS) is 11.3. The Labute approximate surface area is 120 Å². The molecule has 0 atom stereocenters. The van der Waals surface area contributed by atoms with E-state index in [1.54, 1.807) is 0 Å². The summed E-state index contributed by atoms with van der Waals surface area (Å²) >= 11 is 0. The third-order valence-corrected chi connectivity index (χ3v) is 2.90. The number of alkyl halides is 3. The van der Waals surface area contributed by atoms with E-state index in [2.05, 4.69) is 0 Å². The lowest BCUT2D eigenvalue weighted by molar-refractivity contribution is -0.137. The van der Waals surface area contributed by atoms with Crippen LogP contribution >= 0.6 is 0 Å². The van der Waals surface area contributed by atoms with E-state index in [9.17, 15) is 18.0 Å². The van der Waals surface area contributed by atoms with Gasteiger partial charge in [0.2, 0.25) is 0 Å². The van der Waals surface area contributed by atoms with E-state index >= 15 is 0 Å². The third-order valence-electron chi connectivity index (χ3n) is 2.90. The predicted octanol–water partition coefficient (Wildman–Crippen LogP) is 1.84. The molecular formula is C13H18F3N3O2. The van der Waals surface area contributed by atoms with Crippen molar-refractivity contribution in [3.05, 3.63) is 29.3 Å². The maximum atomic E-state index is 12.9. The van der Waals surface area contributed by atoms with Crippen molar-refractivity contribution >= 4 is 11.6 Å². The van der Waals surface area contributed by atoms with Crippen molar-refractivity contribution < 1.29 is 23.1 Å². The Morgan fingerprint density at radius 1 is 1.38 bits per heavy atom. The lowest BCUT2D eigenvalue weighted by Crippen LogP contribution is -2.35. The largest absolute Gasteiger partial charge is 0.418 e. The van der Waals surface area contributed by atoms with E-state index in [0.29, 0.717) is 13.0 Å². The van der Waals surface area contributed by atoms with E-state index in [-0.39, 0.29) is 18.7 Å². The van der Waals surface area contributed by atoms with Gasteiger partial charge in [-0.15, -0.1) is 0 Å². The van der Waals surface area contributed by atoms with Crippen molar-refractivity contribution in [3.8, 4) is 0 Å². The standard InChI is InChI=1S/C13H18F3N3O2/c1-2-6-19(7-8-20)12(21)9-4-3-5-10(11(9)18-17)13(14,15)16/h3-5,18,20H,2,6-8,17H2,1H3. The van der Waals surface area contributed by atoms with Crippen molar-refractivity contribution in [2.75, 3.05) is 25.1 Å². The van der Waals surface area contributed by atoms with Crippen molar-refractivity contribution in [1.82, 2.24) is 4.90 Å². The van der Waals surface area contributed by atoms with Crippen LogP contribution in [0.3, 0.4) is 0 Å². The zero-order valence-corrected chi connectivity index (χ0v) is 11.6. The van der Waals surface area contributed by atoms with E-state index in [1.807, 2.05) is 12.3 Å². The lowest BCUT2D eigenvalue weighted by atomic mass is 10.1. The zero-order valence-electron chi connectivity index (χ0n) is 11.6. The highest BCUT2D eigenvalue weighted by Crippen LogP contribution is 2.36. The molecule has 1 rings (SSSR count). The molecule has 1 aromatic rings. The van der Waals surface area contributed by atoms with Gasteiger partial charge in [-0.05, 0) is 18.6 Å². The molecule has 1 aromatic carbocycles. The number of benzene rings is 1. The minimum atomic E-state index is -4.62. The highest BCUT2D eigenvalue weighted by molar-refractivity contribution is 6.00. The average Bonchev–Trinajstić information content (AvgIpc) is 2.44. The van der Waals surface area contributed by atoms with Crippen molar-refractivity contribution in [2.45, 2.75) is 19.5 Å². The number of nitrogen functional groups attached to an aromatic ring is 1. The number of nitrogens with zero attached hydrogens (tertiary/aromatic N) is 1. The fraction of sp³-hybridized carbons (Fsp3) is 0.462. The minimum absolute atomic E-state index is 0.0485. The van der Waals surface area contributed by atoms with Crippen molar-refractivity contribution in [2.24, 2.45) is 5.84 Å². The summed E-state index contributed by atoms with van der Waals surface area (Å²) in [6, 6.07) is 3.27. The molecule has 0 aliphatic heterocycles. The maximum absolute atomic E-state index is 12.9. The highest BCUT2D eigenvalue weighted by atomic mass is 19.4. The number of amides is 1. The first kappa shape index (κ1) is 17.3. The van der Waals surface area contributed by atoms with Crippen LogP contribution in [0.1, 0.15) is 29.3 Å². The highest BCUT2D eigenvalue weighted by Gasteiger charge is 2.35. The summed E-state index contributed by atoms with van der Waals surface area (Å²) in [4.78, 5) is 13.6. The Morgan fingerprint density at radius 3 is 2.52 bits per heavy atom. The molecule has 0 spiro atoms. The first-order valence-electron chi connectivity index (χ1n) is 6.43. The molecule has 0 bridgehead atoms. The Kier molecular flexibility index (Phi) is 5.98. The van der Waals surface area contributed by atoms with Crippen molar-refractivity contribution in [3.63, 3.8) is 0 Å². The second kappa shape index (κ2) is 7.28. The summed E-state index contributed by atoms with van der Waals surface area (Å²) in [5, 5.41) is 8.96. The fourth-order valence-corrected chi connectivity index (χ4v) is 2.00. The van der Waals surface area contributed by atoms with Crippen LogP contribution in [0.4, 0.5) is 18.9 Å². The van der Waals surface area contributed by atoms with Gasteiger partial charge in [0, 0.05) is 13.1 Å². The van der Waals surface area contributed by atoms with Crippen LogP contribution in [0.2, 0.25) is 0 Å². The summed E-state index contributed by atoms with van der Waals surface area (Å²) in [6.45, 7) is 1.94. The van der Waals surface area contributed by atoms with Crippen LogP contribution in [0.25, 0.3) is 0 Å². The lowest BCUT2D eigenvalue weighted by Gasteiger charge is -2.23. The summed E-state index contributed by atoms with van der Waals surface area (Å²) in [5.41, 5.74) is 0.321. The van der Waals surface area contributed by atoms with Crippen LogP contribution < -0.4 is 11.3 Å². The van der Waals surface area contributed by atoms with Gasteiger partial charge in [-0.2, -0.15) is 13.2 Å². The fourth-order valence-electron chi connectivity index (χ4n) is 2.00. The Morgan fingerprint density at radius 2 is 2.05 bits per heavy atom. The average molecular weight is 305 g/mol. The minimum Gasteiger partial charge on any atom is -0.395 e. The number of carbonyl (C=O) groups excluding carboxylic acids is 1. The predicted molar refractivity (Wildman–Crippen MR) is 72.5 cm³/mol. The van der Waals surface area contributed by atoms with Crippen LogP contribution in [0.5, 0.6) is 0 Å². The van der Waals surface area contributed by atoms with Crippen LogP contribution in [-0.2, 0) is 6.18 Å². The van der Waals surface area contributed by atoms with Gasteiger partial charge in [0.1, 0.15) is 0 Å². The van der Waals surface area contributed by atoms with Gasteiger partial charge in [0.25, 0.3) is 5.91 Å². The number of hydrogen-bond acceptors (Lipinski definition) is 4. The Balaban J connectivity index is 3.26. The van der Waals surface area contributed by atoms with Crippen LogP contribution in [0.15, 0.2) is 18.2 Å². The number of nitrogens with one attached hydrogen (secondary N) is 1. The first-order chi connectivity index (χ1) is 9.86. The zero-order chi connectivity index (χ0) is 16.0. The van der Waals surface area contributed by atoms with E-state index in [4.69, 9.17) is 10.9 Å². The summed E-state index contributed by atoms with van der Waals surface area (Å²) in [7, 11) is 0. The molecule has 21 heavy (non-hydrogen) atoms. The number of halogens is 3. The van der Waals surface area contributed by atoms with Crippen molar-refractivity contribution in [1.29, 1.82) is 0 Å². The molecule has 0 aliphatic rings. The molecule has 0 saturated heterocycles. The molecule has 0 heterocycles. The Hall–Kier alpha value is -1.80. The molecule has 0 radical (unpaired) electrons. The topological polar surface area (TPSA) is 78.6 Å². The van der Waals surface area contributed by atoms with Gasteiger partial charge >= 0.3 is 6.18 Å². The van der Waals surface area contributed by atoms with Gasteiger partial charge < -0.3 is 15.4 Å². The number of carbonyl (C=O) groups is 1. The van der Waals surface area contributed by atoms with Gasteiger partial charge in [-0.1, -0.05) is 13.0 Å². The van der Waals surface area contributed by atoms with Gasteiger partial charge in [0.15, 0.2) is 0 Å². The molecule has 0 aliphatic carbocycles. The second-order valence-electron chi connectivity index (χ2n) is 4.39. The Bertz CT molecular complexity index is 486.